The second-order valence-corrected chi connectivity index (χ2v) is 5.78. The van der Waals surface area contributed by atoms with Gasteiger partial charge < -0.3 is 14.4 Å². The number of methoxy groups -OCH3 is 2. The van der Waals surface area contributed by atoms with Gasteiger partial charge in [0.15, 0.2) is 6.29 Å². The minimum Gasteiger partial charge on any atom is -0.352 e. The molecule has 2 atom stereocenters. The van der Waals surface area contributed by atoms with Gasteiger partial charge in [-0.3, -0.25) is 14.4 Å². The summed E-state index contributed by atoms with van der Waals surface area (Å²) in [7, 11) is 3.09. The van der Waals surface area contributed by atoms with Crippen molar-refractivity contribution in [1.82, 2.24) is 4.90 Å². The quantitative estimate of drug-likeness (QED) is 0.608. The molecular formula is C16H16N2O5. The van der Waals surface area contributed by atoms with E-state index in [1.165, 1.54) is 6.92 Å². The number of Topliss-reactive ketones (excluding diaryl/α,β-unsaturated/α-hetero) is 1. The summed E-state index contributed by atoms with van der Waals surface area (Å²) in [6.07, 6.45) is -0.229. The van der Waals surface area contributed by atoms with Crippen molar-refractivity contribution in [2.75, 3.05) is 25.8 Å². The highest BCUT2D eigenvalue weighted by Gasteiger charge is 2.63. The van der Waals surface area contributed by atoms with E-state index in [0.29, 0.717) is 23.9 Å². The number of ketones is 1. The molecule has 120 valence electrons. The number of hydrogen-bond donors (Lipinski definition) is 0. The first-order valence-corrected chi connectivity index (χ1v) is 7.34. The lowest BCUT2D eigenvalue weighted by Gasteiger charge is -2.36. The number of hydroxylamine groups is 1. The van der Waals surface area contributed by atoms with Crippen molar-refractivity contribution in [2.24, 2.45) is 0 Å². The third kappa shape index (κ3) is 2.00. The van der Waals surface area contributed by atoms with Crippen LogP contribution in [0.4, 0.5) is 5.69 Å². The van der Waals surface area contributed by atoms with E-state index >= 15 is 0 Å². The minimum atomic E-state index is -0.538. The summed E-state index contributed by atoms with van der Waals surface area (Å²) in [5.74, 6) is -0.266. The van der Waals surface area contributed by atoms with Crippen molar-refractivity contribution in [1.29, 1.82) is 0 Å². The second kappa shape index (κ2) is 5.02. The molecule has 4 rings (SSSR count). The minimum absolute atomic E-state index is 0.00217. The van der Waals surface area contributed by atoms with Crippen LogP contribution in [0.5, 0.6) is 0 Å². The van der Waals surface area contributed by atoms with Gasteiger partial charge in [0.1, 0.15) is 0 Å². The van der Waals surface area contributed by atoms with Crippen molar-refractivity contribution in [2.45, 2.75) is 25.3 Å². The number of ether oxygens (including phenoxy) is 2. The molecule has 3 heterocycles. The third-order valence-corrected chi connectivity index (χ3v) is 4.49. The average Bonchev–Trinajstić information content (AvgIpc) is 3.28. The van der Waals surface area contributed by atoms with Crippen LogP contribution in [0, 0.1) is 12.2 Å². The lowest BCUT2D eigenvalue weighted by Crippen LogP contribution is -2.45. The molecule has 2 saturated heterocycles. The molecule has 2 fully saturated rings. The van der Waals surface area contributed by atoms with Gasteiger partial charge in [-0.1, -0.05) is 0 Å². The molecule has 0 aliphatic carbocycles. The van der Waals surface area contributed by atoms with Crippen LogP contribution >= 0.6 is 0 Å². The summed E-state index contributed by atoms with van der Waals surface area (Å²) in [6.45, 7) is 2.03. The topological polar surface area (TPSA) is 68.1 Å². The van der Waals surface area contributed by atoms with Gasteiger partial charge in [0.2, 0.25) is 17.8 Å². The van der Waals surface area contributed by atoms with Crippen LogP contribution in [0.15, 0.2) is 12.1 Å². The molecule has 0 N–H and O–H groups in total. The maximum Gasteiger partial charge on any atom is 0.222 e. The summed E-state index contributed by atoms with van der Waals surface area (Å²) in [5, 5.41) is 1.65. The molecule has 1 amide bonds. The maximum absolute atomic E-state index is 12.6. The summed E-state index contributed by atoms with van der Waals surface area (Å²) >= 11 is 0. The highest BCUT2D eigenvalue weighted by atomic mass is 16.7. The number of nitrogens with zero attached hydrogens (tertiary/aromatic N) is 2. The fraction of sp³-hybridized carbons (Fsp3) is 0.438. The van der Waals surface area contributed by atoms with E-state index in [1.807, 2.05) is 0 Å². The highest BCUT2D eigenvalue weighted by molar-refractivity contribution is 6.12. The number of carbonyl (C=O) groups is 2. The van der Waals surface area contributed by atoms with Crippen molar-refractivity contribution >= 4 is 17.4 Å². The Labute approximate surface area is 133 Å². The van der Waals surface area contributed by atoms with Gasteiger partial charge in [-0.15, -0.1) is 0 Å². The zero-order valence-electron chi connectivity index (χ0n) is 13.0. The Morgan fingerprint density at radius 3 is 2.83 bits per heavy atom. The second-order valence-electron chi connectivity index (χ2n) is 5.78. The molecule has 0 aromatic heterocycles. The standard InChI is InChI=1S/C16H16N2O5/c1-8(19)18-12-7-17-11-6-9(16(21-2)22-3)4-5-10(11)14(20)15(23-17)13(12)18/h4,6,12-13,16H,7H2,1-3H3. The fourth-order valence-corrected chi connectivity index (χ4v) is 3.41. The van der Waals surface area contributed by atoms with Crippen LogP contribution in [0.3, 0.4) is 0 Å². The Morgan fingerprint density at radius 2 is 2.17 bits per heavy atom. The lowest BCUT2D eigenvalue weighted by molar-refractivity contribution is -0.124. The fourth-order valence-electron chi connectivity index (χ4n) is 3.41. The Bertz CT molecular complexity index is 687. The van der Waals surface area contributed by atoms with Crippen LogP contribution in [-0.2, 0) is 19.1 Å². The Kier molecular flexibility index (Phi) is 3.19. The smallest absolute Gasteiger partial charge is 0.222 e. The lowest BCUT2D eigenvalue weighted by atomic mass is 9.95. The van der Waals surface area contributed by atoms with Crippen LogP contribution in [0.25, 0.3) is 0 Å². The first-order chi connectivity index (χ1) is 11.1. The number of amides is 1. The molecule has 7 nitrogen and oxygen atoms in total. The first kappa shape index (κ1) is 14.6. The summed E-state index contributed by atoms with van der Waals surface area (Å²) in [5.41, 5.74) is 1.83. The zero-order chi connectivity index (χ0) is 16.3. The van der Waals surface area contributed by atoms with E-state index in [2.05, 4.69) is 6.07 Å². The van der Waals surface area contributed by atoms with Gasteiger partial charge >= 0.3 is 0 Å². The maximum atomic E-state index is 12.6. The number of hydrogen-bond acceptors (Lipinski definition) is 6. The number of fused-ring (bicyclic) bond motifs is 6. The van der Waals surface area contributed by atoms with Gasteiger partial charge in [-0.2, -0.15) is 0 Å². The van der Waals surface area contributed by atoms with Crippen molar-refractivity contribution in [3.63, 3.8) is 0 Å². The third-order valence-electron chi connectivity index (χ3n) is 4.49. The van der Waals surface area contributed by atoms with Crippen molar-refractivity contribution < 1.29 is 23.9 Å². The number of anilines is 1. The van der Waals surface area contributed by atoms with Crippen molar-refractivity contribution in [3.8, 4) is 0 Å². The van der Waals surface area contributed by atoms with E-state index in [1.54, 1.807) is 36.3 Å². The molecule has 1 aromatic carbocycles. The van der Waals surface area contributed by atoms with Crippen LogP contribution in [-0.4, -0.2) is 49.4 Å². The van der Waals surface area contributed by atoms with Gasteiger partial charge in [0.25, 0.3) is 0 Å². The summed E-state index contributed by atoms with van der Waals surface area (Å²) in [6, 6.07) is 6.27. The highest BCUT2D eigenvalue weighted by Crippen LogP contribution is 2.48. The number of carbonyl (C=O) groups excluding carboxylic acids is 2. The van der Waals surface area contributed by atoms with E-state index in [9.17, 15) is 9.59 Å². The van der Waals surface area contributed by atoms with Crippen LogP contribution in [0.2, 0.25) is 0 Å². The van der Waals surface area contributed by atoms with Gasteiger partial charge in [-0.05, 0) is 18.2 Å². The van der Waals surface area contributed by atoms with E-state index in [0.717, 1.165) is 5.56 Å². The molecule has 2 unspecified atom stereocenters. The molecule has 3 aliphatic heterocycles. The number of rotatable bonds is 3. The molecule has 7 heteroatoms. The largest absolute Gasteiger partial charge is 0.352 e. The molecule has 0 saturated carbocycles. The zero-order valence-corrected chi connectivity index (χ0v) is 13.0. The monoisotopic (exact) mass is 316 g/mol. The van der Waals surface area contributed by atoms with Gasteiger partial charge in [-0.25, -0.2) is 5.06 Å². The Morgan fingerprint density at radius 1 is 1.43 bits per heavy atom. The molecule has 1 aromatic rings. The molecule has 2 bridgehead atoms. The molecule has 2 radical (unpaired) electrons. The predicted molar refractivity (Wildman–Crippen MR) is 78.1 cm³/mol. The average molecular weight is 316 g/mol. The van der Waals surface area contributed by atoms with Crippen LogP contribution < -0.4 is 5.06 Å². The first-order valence-electron chi connectivity index (χ1n) is 7.34. The SMILES string of the molecule is COC(OC)c1c[c]c2c(c1)N1CC3C([C](O1)C2=O)N3C(C)=O. The van der Waals surface area contributed by atoms with Crippen molar-refractivity contribution in [3.05, 3.63) is 35.4 Å². The summed E-state index contributed by atoms with van der Waals surface area (Å²) in [4.78, 5) is 31.7. The van der Waals surface area contributed by atoms with Gasteiger partial charge in [0, 0.05) is 26.7 Å². The van der Waals surface area contributed by atoms with E-state index < -0.39 is 6.29 Å². The van der Waals surface area contributed by atoms with E-state index in [4.69, 9.17) is 14.3 Å². The summed E-state index contributed by atoms with van der Waals surface area (Å²) < 4.78 is 10.5. The number of benzene rings is 1. The van der Waals surface area contributed by atoms with Gasteiger partial charge in [0.05, 0.1) is 29.9 Å². The van der Waals surface area contributed by atoms with E-state index in [-0.39, 0.29) is 23.8 Å². The Balaban J connectivity index is 1.71. The molecule has 3 aliphatic rings. The molecule has 23 heavy (non-hydrogen) atoms. The predicted octanol–water partition coefficient (Wildman–Crippen LogP) is 0.857. The molecule has 0 spiro atoms. The molecular weight excluding hydrogens is 300 g/mol. The van der Waals surface area contributed by atoms with Crippen LogP contribution in [0.1, 0.15) is 29.1 Å². The normalized spacial score (nSPS) is 25.5. The Hall–Kier alpha value is -1.96.